The van der Waals surface area contributed by atoms with Crippen LogP contribution in [0.5, 0.6) is 0 Å². The summed E-state index contributed by atoms with van der Waals surface area (Å²) in [6.45, 7) is 1.51. The van der Waals surface area contributed by atoms with Gasteiger partial charge in [-0.05, 0) is 38.5 Å². The molecule has 2 aliphatic carbocycles. The van der Waals surface area contributed by atoms with Crippen molar-refractivity contribution in [3.63, 3.8) is 0 Å². The zero-order valence-corrected chi connectivity index (χ0v) is 13.7. The van der Waals surface area contributed by atoms with E-state index < -0.39 is 0 Å². The van der Waals surface area contributed by atoms with Crippen molar-refractivity contribution in [1.29, 1.82) is 0 Å². The second-order valence-electron chi connectivity index (χ2n) is 7.24. The molecule has 1 aliphatic heterocycles. The van der Waals surface area contributed by atoms with Gasteiger partial charge in [0.25, 0.3) is 5.91 Å². The van der Waals surface area contributed by atoms with Crippen molar-refractivity contribution in [3.05, 3.63) is 17.5 Å². The van der Waals surface area contributed by atoms with Crippen LogP contribution in [0.4, 0.5) is 0 Å². The van der Waals surface area contributed by atoms with E-state index >= 15 is 0 Å². The lowest BCUT2D eigenvalue weighted by atomic mass is 9.91. The maximum Gasteiger partial charge on any atom is 0.276 e. The third-order valence-corrected chi connectivity index (χ3v) is 5.51. The summed E-state index contributed by atoms with van der Waals surface area (Å²) in [5.41, 5.74) is 0.504. The molecule has 0 unspecified atom stereocenters. The fraction of sp³-hybridized carbons (Fsp3) is 0.778. The number of ether oxygens (including phenoxy) is 1. The third kappa shape index (κ3) is 3.30. The first-order chi connectivity index (χ1) is 11.3. The standard InChI is InChI=1S/C18H26N2O3/c21-18(16-12-17(23-19-16)13-6-7-13)20(14-4-2-1-3-5-14)15-8-10-22-11-9-15/h12-15H,1-11H2. The summed E-state index contributed by atoms with van der Waals surface area (Å²) in [6, 6.07) is 2.54. The number of carbonyl (C=O) groups excluding carboxylic acids is 1. The lowest BCUT2D eigenvalue weighted by molar-refractivity contribution is 0.0103. The highest BCUT2D eigenvalue weighted by molar-refractivity contribution is 5.92. The number of amides is 1. The molecular formula is C18H26N2O3. The Balaban J connectivity index is 1.55. The number of nitrogens with zero attached hydrogens (tertiary/aromatic N) is 2. The molecule has 5 heteroatoms. The van der Waals surface area contributed by atoms with Crippen LogP contribution < -0.4 is 0 Å². The van der Waals surface area contributed by atoms with Gasteiger partial charge >= 0.3 is 0 Å². The van der Waals surface area contributed by atoms with Gasteiger partial charge in [0, 0.05) is 37.3 Å². The van der Waals surface area contributed by atoms with Crippen LogP contribution in [0.15, 0.2) is 10.6 Å². The molecule has 1 aromatic heterocycles. The summed E-state index contributed by atoms with van der Waals surface area (Å²) >= 11 is 0. The summed E-state index contributed by atoms with van der Waals surface area (Å²) in [5, 5.41) is 4.09. The SMILES string of the molecule is O=C(c1cc(C2CC2)on1)N(C1CCCCC1)C1CCOCC1. The summed E-state index contributed by atoms with van der Waals surface area (Å²) in [5.74, 6) is 1.46. The van der Waals surface area contributed by atoms with Gasteiger partial charge in [-0.3, -0.25) is 4.79 Å². The number of rotatable bonds is 4. The quantitative estimate of drug-likeness (QED) is 0.852. The Hall–Kier alpha value is -1.36. The monoisotopic (exact) mass is 318 g/mol. The molecule has 1 amide bonds. The molecule has 3 fully saturated rings. The maximum atomic E-state index is 13.2. The van der Waals surface area contributed by atoms with Crippen molar-refractivity contribution in [3.8, 4) is 0 Å². The first kappa shape index (κ1) is 15.2. The van der Waals surface area contributed by atoms with Gasteiger partial charge in [0.15, 0.2) is 5.69 Å². The van der Waals surface area contributed by atoms with Crippen LogP contribution in [-0.2, 0) is 4.74 Å². The second-order valence-corrected chi connectivity index (χ2v) is 7.24. The van der Waals surface area contributed by atoms with E-state index in [2.05, 4.69) is 10.1 Å². The molecule has 0 aromatic carbocycles. The van der Waals surface area contributed by atoms with E-state index in [-0.39, 0.29) is 5.91 Å². The Morgan fingerprint density at radius 3 is 2.39 bits per heavy atom. The minimum absolute atomic E-state index is 0.0689. The van der Waals surface area contributed by atoms with Gasteiger partial charge in [0.05, 0.1) is 0 Å². The Kier molecular flexibility index (Phi) is 4.38. The van der Waals surface area contributed by atoms with Crippen molar-refractivity contribution in [2.45, 2.75) is 75.8 Å². The zero-order chi connectivity index (χ0) is 15.6. The number of aromatic nitrogens is 1. The Labute approximate surface area is 137 Å². The fourth-order valence-corrected chi connectivity index (χ4v) is 4.03. The van der Waals surface area contributed by atoms with E-state index in [1.807, 2.05) is 6.07 Å². The van der Waals surface area contributed by atoms with Gasteiger partial charge in [0.1, 0.15) is 5.76 Å². The largest absolute Gasteiger partial charge is 0.381 e. The fourth-order valence-electron chi connectivity index (χ4n) is 4.03. The molecule has 5 nitrogen and oxygen atoms in total. The van der Waals surface area contributed by atoms with Gasteiger partial charge in [-0.25, -0.2) is 0 Å². The molecular weight excluding hydrogens is 292 g/mol. The van der Waals surface area contributed by atoms with Crippen LogP contribution in [0.2, 0.25) is 0 Å². The van der Waals surface area contributed by atoms with Crippen molar-refractivity contribution in [2.75, 3.05) is 13.2 Å². The minimum atomic E-state index is 0.0689. The van der Waals surface area contributed by atoms with Gasteiger partial charge in [-0.2, -0.15) is 0 Å². The lowest BCUT2D eigenvalue weighted by Crippen LogP contribution is -2.50. The summed E-state index contributed by atoms with van der Waals surface area (Å²) < 4.78 is 10.9. The molecule has 1 saturated heterocycles. The average molecular weight is 318 g/mol. The topological polar surface area (TPSA) is 55.6 Å². The second kappa shape index (κ2) is 6.63. The van der Waals surface area contributed by atoms with Crippen LogP contribution in [0.3, 0.4) is 0 Å². The first-order valence-corrected chi connectivity index (χ1v) is 9.20. The highest BCUT2D eigenvalue weighted by Gasteiger charge is 2.36. The lowest BCUT2D eigenvalue weighted by Gasteiger charge is -2.41. The minimum Gasteiger partial charge on any atom is -0.381 e. The van der Waals surface area contributed by atoms with Gasteiger partial charge < -0.3 is 14.2 Å². The van der Waals surface area contributed by atoms with E-state index in [0.29, 0.717) is 23.7 Å². The van der Waals surface area contributed by atoms with Gasteiger partial charge in [0.2, 0.25) is 0 Å². The molecule has 4 rings (SSSR count). The van der Waals surface area contributed by atoms with Gasteiger partial charge in [-0.15, -0.1) is 0 Å². The molecule has 23 heavy (non-hydrogen) atoms. The Morgan fingerprint density at radius 2 is 1.70 bits per heavy atom. The van der Waals surface area contributed by atoms with Gasteiger partial charge in [-0.1, -0.05) is 24.4 Å². The molecule has 2 saturated carbocycles. The molecule has 0 N–H and O–H groups in total. The molecule has 1 aromatic rings. The molecule has 0 bridgehead atoms. The molecule has 0 spiro atoms. The highest BCUT2D eigenvalue weighted by Crippen LogP contribution is 2.40. The zero-order valence-electron chi connectivity index (χ0n) is 13.7. The highest BCUT2D eigenvalue weighted by atomic mass is 16.5. The van der Waals surface area contributed by atoms with E-state index in [1.165, 1.54) is 19.3 Å². The summed E-state index contributed by atoms with van der Waals surface area (Å²) in [6.07, 6.45) is 10.2. The number of hydrogen-bond donors (Lipinski definition) is 0. The van der Waals surface area contributed by atoms with Crippen LogP contribution in [0.1, 0.15) is 80.0 Å². The molecule has 126 valence electrons. The van der Waals surface area contributed by atoms with E-state index in [4.69, 9.17) is 9.26 Å². The van der Waals surface area contributed by atoms with Crippen LogP contribution >= 0.6 is 0 Å². The van der Waals surface area contributed by atoms with Crippen molar-refractivity contribution < 1.29 is 14.1 Å². The van der Waals surface area contributed by atoms with E-state index in [1.54, 1.807) is 0 Å². The number of hydrogen-bond acceptors (Lipinski definition) is 4. The molecule has 0 atom stereocenters. The van der Waals surface area contributed by atoms with Crippen molar-refractivity contribution >= 4 is 5.91 Å². The van der Waals surface area contributed by atoms with Crippen LogP contribution in [-0.4, -0.2) is 41.3 Å². The number of carbonyl (C=O) groups is 1. The van der Waals surface area contributed by atoms with E-state index in [0.717, 1.165) is 57.5 Å². The molecule has 3 aliphatic rings. The maximum absolute atomic E-state index is 13.2. The third-order valence-electron chi connectivity index (χ3n) is 5.51. The molecule has 2 heterocycles. The van der Waals surface area contributed by atoms with Crippen molar-refractivity contribution in [2.24, 2.45) is 0 Å². The van der Waals surface area contributed by atoms with Crippen LogP contribution in [0, 0.1) is 0 Å². The van der Waals surface area contributed by atoms with Crippen molar-refractivity contribution in [1.82, 2.24) is 10.1 Å². The summed E-state index contributed by atoms with van der Waals surface area (Å²) in [4.78, 5) is 15.3. The van der Waals surface area contributed by atoms with Crippen LogP contribution in [0.25, 0.3) is 0 Å². The predicted molar refractivity (Wildman–Crippen MR) is 85.4 cm³/mol. The predicted octanol–water partition coefficient (Wildman–Crippen LogP) is 3.51. The normalized spacial score (nSPS) is 23.8. The molecule has 0 radical (unpaired) electrons. The Bertz CT molecular complexity index is 522. The Morgan fingerprint density at radius 1 is 1.00 bits per heavy atom. The first-order valence-electron chi connectivity index (χ1n) is 9.20. The average Bonchev–Trinajstić information content (AvgIpc) is 3.34. The summed E-state index contributed by atoms with van der Waals surface area (Å²) in [7, 11) is 0. The smallest absolute Gasteiger partial charge is 0.276 e. The van der Waals surface area contributed by atoms with E-state index in [9.17, 15) is 4.79 Å².